The van der Waals surface area contributed by atoms with Crippen molar-refractivity contribution in [3.63, 3.8) is 0 Å². The van der Waals surface area contributed by atoms with Crippen LogP contribution in [0.5, 0.6) is 11.5 Å². The van der Waals surface area contributed by atoms with Crippen LogP contribution in [0, 0.1) is 34.1 Å². The van der Waals surface area contributed by atoms with Gasteiger partial charge in [-0.1, -0.05) is 48.5 Å². The van der Waals surface area contributed by atoms with Gasteiger partial charge in [0.1, 0.15) is 31.6 Å². The normalized spacial score (nSPS) is 11.7. The number of fused-ring (bicyclic) bond motifs is 2. The molecule has 6 rings (SSSR count). The van der Waals surface area contributed by atoms with Gasteiger partial charge >= 0.3 is 37.7 Å². The van der Waals surface area contributed by atoms with Crippen molar-refractivity contribution in [3.8, 4) is 11.5 Å². The zero-order valence-electron chi connectivity index (χ0n) is 28.4. The Labute approximate surface area is 341 Å². The van der Waals surface area contributed by atoms with E-state index in [-0.39, 0.29) is 71.9 Å². The number of nitrogens with zero attached hydrogens (tertiary/aromatic N) is 6. The fraction of sp³-hybridized carbons (Fsp3) is 0.0588. The Morgan fingerprint density at radius 1 is 0.545 bits per heavy atom. The number of nitro groups is 2. The summed E-state index contributed by atoms with van der Waals surface area (Å²) in [5, 5.41) is 59.4. The Morgan fingerprint density at radius 2 is 0.891 bits per heavy atom. The third-order valence-corrected chi connectivity index (χ3v) is 9.21. The monoisotopic (exact) mass is 812 g/mol. The van der Waals surface area contributed by atoms with Crippen molar-refractivity contribution in [1.82, 2.24) is 0 Å². The van der Waals surface area contributed by atoms with Crippen molar-refractivity contribution in [2.45, 2.75) is 23.6 Å². The second-order valence-electron chi connectivity index (χ2n) is 11.5. The molecule has 6 aromatic carbocycles. The molecular formula is C34H24CaN6O12S2. The van der Waals surface area contributed by atoms with Crippen LogP contribution in [-0.4, -0.2) is 83.7 Å². The van der Waals surface area contributed by atoms with Crippen molar-refractivity contribution in [2.24, 2.45) is 20.5 Å². The summed E-state index contributed by atoms with van der Waals surface area (Å²) >= 11 is 0. The molecule has 0 amide bonds. The molecule has 0 heterocycles. The maximum atomic E-state index is 11.4. The van der Waals surface area contributed by atoms with E-state index in [1.165, 1.54) is 36.4 Å². The van der Waals surface area contributed by atoms with Crippen LogP contribution in [0.1, 0.15) is 11.1 Å². The smallest absolute Gasteiger partial charge is 0.744 e. The Hall–Kier alpha value is -5.48. The minimum absolute atomic E-state index is 0. The number of phenols is 2. The number of phenolic OH excluding ortho intramolecular Hbond substituents is 2. The third kappa shape index (κ3) is 9.99. The van der Waals surface area contributed by atoms with Crippen LogP contribution in [0.25, 0.3) is 21.5 Å². The van der Waals surface area contributed by atoms with Gasteiger partial charge in [0.15, 0.2) is 11.5 Å². The van der Waals surface area contributed by atoms with Crippen LogP contribution < -0.4 is 0 Å². The maximum absolute atomic E-state index is 11.4. The maximum Gasteiger partial charge on any atom is 2.00 e. The van der Waals surface area contributed by atoms with E-state index < -0.39 is 51.4 Å². The molecule has 6 aromatic rings. The summed E-state index contributed by atoms with van der Waals surface area (Å²) in [7, 11) is -9.89. The van der Waals surface area contributed by atoms with Gasteiger partial charge in [-0.05, 0) is 60.0 Å². The van der Waals surface area contributed by atoms with Crippen LogP contribution in [0.15, 0.2) is 127 Å². The molecule has 0 aliphatic carbocycles. The van der Waals surface area contributed by atoms with Crippen molar-refractivity contribution in [1.29, 1.82) is 0 Å². The van der Waals surface area contributed by atoms with Gasteiger partial charge in [0.25, 0.3) is 11.4 Å². The molecule has 0 spiro atoms. The molecule has 0 bridgehead atoms. The SMILES string of the molecule is Cc1cc(N=Nc2c(O)c(S(=O)(=O)[O-])cc3ccccc23)cc([N+](=O)[O-])c1.Cc1cc(N=Nc2c(O)c(S(=O)(=O)[O-])cc3ccccc23)cc([N+](=O)[O-])c1.[Ca+2]. The predicted molar refractivity (Wildman–Crippen MR) is 197 cm³/mol. The fourth-order valence-electron chi connectivity index (χ4n) is 5.20. The van der Waals surface area contributed by atoms with Crippen molar-refractivity contribution in [3.05, 3.63) is 128 Å². The van der Waals surface area contributed by atoms with Gasteiger partial charge in [-0.25, -0.2) is 16.8 Å². The van der Waals surface area contributed by atoms with Crippen LogP contribution in [0.3, 0.4) is 0 Å². The molecule has 0 fully saturated rings. The minimum atomic E-state index is -4.95. The molecule has 55 heavy (non-hydrogen) atoms. The zero-order valence-corrected chi connectivity index (χ0v) is 32.3. The summed E-state index contributed by atoms with van der Waals surface area (Å²) in [6.07, 6.45) is 0. The van der Waals surface area contributed by atoms with E-state index in [4.69, 9.17) is 0 Å². The van der Waals surface area contributed by atoms with E-state index in [1.807, 2.05) is 0 Å². The Morgan fingerprint density at radius 3 is 1.22 bits per heavy atom. The van der Waals surface area contributed by atoms with Crippen molar-refractivity contribution < 1.29 is 46.0 Å². The Kier molecular flexibility index (Phi) is 13.0. The standard InChI is InChI=1S/2C17H13N3O6S.Ca/c2*1-10-6-12(9-13(7-10)20(22)23)18-19-16-14-5-3-2-4-11(14)8-15(17(16)21)27(24,25)26;/h2*2-9,21H,1H3,(H,24,25,26);/q;;+2/p-2. The molecule has 18 nitrogen and oxygen atoms in total. The van der Waals surface area contributed by atoms with E-state index in [0.717, 1.165) is 12.1 Å². The Bertz CT molecular complexity index is 2610. The summed E-state index contributed by atoms with van der Waals surface area (Å²) in [6.45, 7) is 3.28. The number of hydrogen-bond acceptors (Lipinski definition) is 16. The number of aromatic hydroxyl groups is 2. The van der Waals surface area contributed by atoms with E-state index in [0.29, 0.717) is 32.7 Å². The number of non-ortho nitro benzene ring substituents is 2. The average molecular weight is 813 g/mol. The molecule has 276 valence electrons. The molecule has 0 saturated heterocycles. The number of hydrogen-bond donors (Lipinski definition) is 2. The van der Waals surface area contributed by atoms with Gasteiger partial charge in [0, 0.05) is 35.0 Å². The van der Waals surface area contributed by atoms with Crippen molar-refractivity contribution >= 4 is 114 Å². The zero-order chi connectivity index (χ0) is 39.5. The number of aryl methyl sites for hydroxylation is 2. The van der Waals surface area contributed by atoms with Gasteiger partial charge in [0.2, 0.25) is 0 Å². The number of nitro benzene ring substituents is 2. The summed E-state index contributed by atoms with van der Waals surface area (Å²) < 4.78 is 68.6. The van der Waals surface area contributed by atoms with Gasteiger partial charge in [-0.2, -0.15) is 10.2 Å². The van der Waals surface area contributed by atoms with Crippen molar-refractivity contribution in [2.75, 3.05) is 0 Å². The number of benzene rings is 6. The first-order valence-corrected chi connectivity index (χ1v) is 17.9. The van der Waals surface area contributed by atoms with Crippen LogP contribution >= 0.6 is 0 Å². The van der Waals surface area contributed by atoms with Crippen LogP contribution in [-0.2, 0) is 20.2 Å². The molecule has 21 heteroatoms. The first-order chi connectivity index (χ1) is 25.3. The third-order valence-electron chi connectivity index (χ3n) is 7.51. The van der Waals surface area contributed by atoms with E-state index in [2.05, 4.69) is 20.5 Å². The van der Waals surface area contributed by atoms with Gasteiger partial charge < -0.3 is 19.3 Å². The number of rotatable bonds is 8. The second kappa shape index (κ2) is 16.9. The molecule has 0 aliphatic rings. The van der Waals surface area contributed by atoms with Crippen LogP contribution in [0.2, 0.25) is 0 Å². The first-order valence-electron chi connectivity index (χ1n) is 15.1. The summed E-state index contributed by atoms with van der Waals surface area (Å²) in [4.78, 5) is 19.1. The topological polar surface area (TPSA) is 291 Å². The second-order valence-corrected chi connectivity index (χ2v) is 14.2. The summed E-state index contributed by atoms with van der Waals surface area (Å²) in [5.41, 5.74) is 0.619. The minimum Gasteiger partial charge on any atom is -0.744 e. The predicted octanol–water partition coefficient (Wildman–Crippen LogP) is 7.78. The van der Waals surface area contributed by atoms with E-state index in [1.54, 1.807) is 62.4 Å². The molecule has 0 saturated carbocycles. The number of azo groups is 2. The summed E-state index contributed by atoms with van der Waals surface area (Å²) in [6, 6.07) is 23.1. The molecule has 2 N–H and O–H groups in total. The molecule has 0 radical (unpaired) electrons. The van der Waals surface area contributed by atoms with Gasteiger partial charge in [0.05, 0.1) is 31.0 Å². The van der Waals surface area contributed by atoms with Gasteiger partial charge in [-0.15, -0.1) is 10.2 Å². The van der Waals surface area contributed by atoms with Gasteiger partial charge in [-0.3, -0.25) is 20.2 Å². The van der Waals surface area contributed by atoms with E-state index in [9.17, 15) is 56.4 Å². The molecule has 0 atom stereocenters. The molecule has 0 aromatic heterocycles. The quantitative estimate of drug-likeness (QED) is 0.0489. The summed E-state index contributed by atoms with van der Waals surface area (Å²) in [5.74, 6) is -1.65. The van der Waals surface area contributed by atoms with E-state index >= 15 is 0 Å². The average Bonchev–Trinajstić information content (AvgIpc) is 3.09. The fourth-order valence-corrected chi connectivity index (χ4v) is 6.41. The Balaban J connectivity index is 0.000000240. The van der Waals surface area contributed by atoms with Crippen LogP contribution in [0.4, 0.5) is 34.1 Å². The molecular weight excluding hydrogens is 789 g/mol. The molecule has 0 aliphatic heterocycles. The largest absolute Gasteiger partial charge is 2.00 e. The first kappa shape index (κ1) is 42.3. The molecule has 0 unspecified atom stereocenters.